The van der Waals surface area contributed by atoms with E-state index in [-0.39, 0.29) is 29.1 Å². The number of oxime groups is 1. The molecular formula is C16H18N4O5S2. The molecule has 0 radical (unpaired) electrons. The molecule has 0 spiro atoms. The molecule has 3 aliphatic rings. The van der Waals surface area contributed by atoms with Crippen LogP contribution in [0, 0.1) is 5.92 Å². The van der Waals surface area contributed by atoms with E-state index in [4.69, 9.17) is 10.5 Å². The minimum absolute atomic E-state index is 0.136. The maximum Gasteiger partial charge on any atom is 0.355 e. The van der Waals surface area contributed by atoms with Crippen molar-refractivity contribution < 1.29 is 24.3 Å². The standard InChI is InChI=1S/C16H18N4O5S2/c1-3-7-5-26-14-8(13(22)20(14)12(7)15(23)25-2)4-10(21)11(19-24)9-6-27-16(17)18-9/h3,6,8,14,16,18,24H,1,4-5,17H2,2H3/b19-11-. The molecule has 27 heavy (non-hydrogen) atoms. The highest BCUT2D eigenvalue weighted by molar-refractivity contribution is 8.02. The summed E-state index contributed by atoms with van der Waals surface area (Å²) in [7, 11) is 1.24. The maximum atomic E-state index is 12.6. The fourth-order valence-electron chi connectivity index (χ4n) is 3.06. The monoisotopic (exact) mass is 410 g/mol. The van der Waals surface area contributed by atoms with Crippen molar-refractivity contribution in [1.29, 1.82) is 0 Å². The van der Waals surface area contributed by atoms with E-state index < -0.39 is 23.2 Å². The van der Waals surface area contributed by atoms with E-state index in [2.05, 4.69) is 17.1 Å². The van der Waals surface area contributed by atoms with Crippen molar-refractivity contribution >= 4 is 46.9 Å². The Balaban J connectivity index is 1.75. The number of carbonyl (C=O) groups excluding carboxylic acids is 3. The molecule has 4 N–H and O–H groups in total. The van der Waals surface area contributed by atoms with Crippen molar-refractivity contribution in [3.05, 3.63) is 35.0 Å². The van der Waals surface area contributed by atoms with Crippen LogP contribution in [0.4, 0.5) is 0 Å². The Labute approximate surface area is 163 Å². The molecule has 9 nitrogen and oxygen atoms in total. The molecule has 1 amide bonds. The van der Waals surface area contributed by atoms with Gasteiger partial charge in [0.2, 0.25) is 5.91 Å². The first-order valence-corrected chi connectivity index (χ1v) is 9.94. The zero-order chi connectivity index (χ0) is 19.7. The van der Waals surface area contributed by atoms with Crippen molar-refractivity contribution in [1.82, 2.24) is 10.2 Å². The van der Waals surface area contributed by atoms with E-state index >= 15 is 0 Å². The van der Waals surface area contributed by atoms with Gasteiger partial charge in [-0.05, 0) is 5.57 Å². The third-order valence-corrected chi connectivity index (χ3v) is 6.53. The van der Waals surface area contributed by atoms with Gasteiger partial charge in [-0.2, -0.15) is 0 Å². The average molecular weight is 410 g/mol. The summed E-state index contributed by atoms with van der Waals surface area (Å²) in [6.45, 7) is 3.67. The van der Waals surface area contributed by atoms with Gasteiger partial charge in [0, 0.05) is 17.6 Å². The molecule has 3 unspecified atom stereocenters. The Morgan fingerprint density at radius 3 is 2.89 bits per heavy atom. The molecular weight excluding hydrogens is 392 g/mol. The first-order chi connectivity index (χ1) is 12.9. The number of thioether (sulfide) groups is 2. The highest BCUT2D eigenvalue weighted by Crippen LogP contribution is 2.45. The number of rotatable bonds is 6. The smallest absolute Gasteiger partial charge is 0.355 e. The molecule has 144 valence electrons. The highest BCUT2D eigenvalue weighted by atomic mass is 32.2. The van der Waals surface area contributed by atoms with Crippen LogP contribution < -0.4 is 11.1 Å². The van der Waals surface area contributed by atoms with Crippen LogP contribution in [0.25, 0.3) is 0 Å². The lowest BCUT2D eigenvalue weighted by molar-refractivity contribution is -0.154. The average Bonchev–Trinajstić information content (AvgIpc) is 3.10. The fraction of sp³-hybridized carbons (Fsp3) is 0.375. The van der Waals surface area contributed by atoms with E-state index in [1.54, 1.807) is 5.41 Å². The summed E-state index contributed by atoms with van der Waals surface area (Å²) < 4.78 is 4.78. The number of ether oxygens (including phenoxy) is 1. The van der Waals surface area contributed by atoms with Crippen molar-refractivity contribution in [2.24, 2.45) is 16.8 Å². The highest BCUT2D eigenvalue weighted by Gasteiger charge is 2.54. The first-order valence-electron chi connectivity index (χ1n) is 7.94. The van der Waals surface area contributed by atoms with Crippen molar-refractivity contribution in [3.63, 3.8) is 0 Å². The number of nitrogens with zero attached hydrogens (tertiary/aromatic N) is 2. The molecule has 3 heterocycles. The van der Waals surface area contributed by atoms with Crippen LogP contribution >= 0.6 is 23.5 Å². The first kappa shape index (κ1) is 19.5. The van der Waals surface area contributed by atoms with Gasteiger partial charge in [-0.25, -0.2) is 4.79 Å². The number of esters is 1. The Kier molecular flexibility index (Phi) is 5.63. The normalized spacial score (nSPS) is 27.4. The molecule has 3 aliphatic heterocycles. The van der Waals surface area contributed by atoms with Crippen molar-refractivity contribution in [2.75, 3.05) is 12.9 Å². The minimum Gasteiger partial charge on any atom is -0.464 e. The van der Waals surface area contributed by atoms with Crippen molar-refractivity contribution in [2.45, 2.75) is 17.3 Å². The van der Waals surface area contributed by atoms with E-state index in [0.717, 1.165) is 0 Å². The molecule has 0 aliphatic carbocycles. The summed E-state index contributed by atoms with van der Waals surface area (Å²) in [5.41, 5.74) is 6.19. The maximum absolute atomic E-state index is 12.6. The summed E-state index contributed by atoms with van der Waals surface area (Å²) in [5, 5.41) is 16.3. The number of carbonyl (C=O) groups is 3. The summed E-state index contributed by atoms with van der Waals surface area (Å²) in [4.78, 5) is 38.6. The molecule has 0 bridgehead atoms. The van der Waals surface area contributed by atoms with Gasteiger partial charge in [0.1, 0.15) is 11.2 Å². The number of allylic oxidation sites excluding steroid dienone is 2. The molecule has 0 aromatic carbocycles. The van der Waals surface area contributed by atoms with E-state index in [0.29, 0.717) is 17.0 Å². The topological polar surface area (TPSA) is 134 Å². The van der Waals surface area contributed by atoms with E-state index in [1.165, 1.54) is 41.6 Å². The van der Waals surface area contributed by atoms with E-state index in [1.807, 2.05) is 0 Å². The molecule has 3 atom stereocenters. The SMILES string of the molecule is C=CC1=C(C(=O)OC)N2C(=O)C(CC(=O)/C(=N\O)C3=CSC(N)N3)C2SC1. The second kappa shape index (κ2) is 7.79. The lowest BCUT2D eigenvalue weighted by Crippen LogP contribution is -2.62. The van der Waals surface area contributed by atoms with Crippen LogP contribution in [0.15, 0.2) is 40.2 Å². The molecule has 0 aromatic heterocycles. The molecule has 0 saturated carbocycles. The van der Waals surface area contributed by atoms with Crippen LogP contribution in [0.5, 0.6) is 0 Å². The van der Waals surface area contributed by atoms with Gasteiger partial charge in [0.15, 0.2) is 11.5 Å². The predicted octanol–water partition coefficient (Wildman–Crippen LogP) is 0.340. The Morgan fingerprint density at radius 1 is 1.59 bits per heavy atom. The number of ketones is 1. The van der Waals surface area contributed by atoms with Crippen LogP contribution in [0.1, 0.15) is 6.42 Å². The lowest BCUT2D eigenvalue weighted by atomic mass is 9.89. The molecule has 0 aromatic rings. The summed E-state index contributed by atoms with van der Waals surface area (Å²) in [6, 6.07) is 0. The summed E-state index contributed by atoms with van der Waals surface area (Å²) >= 11 is 2.69. The van der Waals surface area contributed by atoms with Gasteiger partial charge in [0.05, 0.1) is 24.1 Å². The largest absolute Gasteiger partial charge is 0.464 e. The number of methoxy groups -OCH3 is 1. The zero-order valence-corrected chi connectivity index (χ0v) is 16.0. The number of nitrogens with two attached hydrogens (primary N) is 1. The lowest BCUT2D eigenvalue weighted by Gasteiger charge is -2.49. The number of hydrogen-bond donors (Lipinski definition) is 3. The van der Waals surface area contributed by atoms with Crippen LogP contribution in [-0.4, -0.2) is 57.2 Å². The van der Waals surface area contributed by atoms with Gasteiger partial charge in [-0.15, -0.1) is 11.8 Å². The number of amides is 1. The number of fused-ring (bicyclic) bond motifs is 1. The van der Waals surface area contributed by atoms with Crippen LogP contribution in [-0.2, 0) is 19.1 Å². The van der Waals surface area contributed by atoms with Crippen molar-refractivity contribution in [3.8, 4) is 0 Å². The van der Waals surface area contributed by atoms with Crippen LogP contribution in [0.3, 0.4) is 0 Å². The number of Topliss-reactive ketones (excluding diaryl/α,β-unsaturated/α-hetero) is 1. The zero-order valence-electron chi connectivity index (χ0n) is 14.4. The van der Waals surface area contributed by atoms with Gasteiger partial charge in [0.25, 0.3) is 0 Å². The van der Waals surface area contributed by atoms with Gasteiger partial charge < -0.3 is 21.0 Å². The summed E-state index contributed by atoms with van der Waals surface area (Å²) in [6.07, 6.45) is 1.39. The number of hydrogen-bond acceptors (Lipinski definition) is 10. The second-order valence-electron chi connectivity index (χ2n) is 5.89. The fourth-order valence-corrected chi connectivity index (χ4v) is 5.13. The summed E-state index contributed by atoms with van der Waals surface area (Å²) in [5.74, 6) is -1.59. The van der Waals surface area contributed by atoms with Gasteiger partial charge >= 0.3 is 5.97 Å². The number of β-lactam (4-membered cyclic amide) rings is 1. The third kappa shape index (κ3) is 3.37. The Morgan fingerprint density at radius 2 is 2.33 bits per heavy atom. The van der Waals surface area contributed by atoms with Gasteiger partial charge in [-0.1, -0.05) is 29.6 Å². The van der Waals surface area contributed by atoms with E-state index in [9.17, 15) is 19.6 Å². The Bertz CT molecular complexity index is 807. The third-order valence-electron chi connectivity index (χ3n) is 4.39. The number of nitrogens with one attached hydrogen (secondary N) is 1. The molecule has 3 rings (SSSR count). The van der Waals surface area contributed by atoms with Gasteiger partial charge in [-0.3, -0.25) is 14.5 Å². The second-order valence-corrected chi connectivity index (χ2v) is 8.02. The quantitative estimate of drug-likeness (QED) is 0.186. The predicted molar refractivity (Wildman–Crippen MR) is 101 cm³/mol. The Hall–Kier alpha value is -2.24. The molecule has 1 saturated heterocycles. The molecule has 11 heteroatoms. The minimum atomic E-state index is -0.617. The van der Waals surface area contributed by atoms with Crippen LogP contribution in [0.2, 0.25) is 0 Å². The molecule has 1 fully saturated rings.